The first-order valence-electron chi connectivity index (χ1n) is 12.4. The molecule has 6 rings (SSSR count). The van der Waals surface area contributed by atoms with Crippen LogP contribution in [0, 0.1) is 18.7 Å². The Hall–Kier alpha value is -4.22. The van der Waals surface area contributed by atoms with Crippen LogP contribution in [0.2, 0.25) is 0 Å². The second-order valence-electron chi connectivity index (χ2n) is 9.51. The van der Waals surface area contributed by atoms with Crippen molar-refractivity contribution in [3.63, 3.8) is 0 Å². The first-order chi connectivity index (χ1) is 19.3. The lowest BCUT2D eigenvalue weighted by Gasteiger charge is -2.30. The highest BCUT2D eigenvalue weighted by Crippen LogP contribution is 2.53. The normalized spacial score (nSPS) is 19.8. The summed E-state index contributed by atoms with van der Waals surface area (Å²) in [5.41, 5.74) is 2.70. The van der Waals surface area contributed by atoms with Gasteiger partial charge in [-0.1, -0.05) is 52.9 Å². The number of hydrogen-bond acceptors (Lipinski definition) is 7. The van der Waals surface area contributed by atoms with E-state index in [-0.39, 0.29) is 17.4 Å². The first kappa shape index (κ1) is 26.0. The number of carbonyl (C=O) groups excluding carboxylic acids is 3. The number of benzene rings is 3. The van der Waals surface area contributed by atoms with Crippen LogP contribution in [0.15, 0.2) is 82.6 Å². The summed E-state index contributed by atoms with van der Waals surface area (Å²) in [6, 6.07) is 19.6. The number of rotatable bonds is 6. The fourth-order valence-corrected chi connectivity index (χ4v) is 7.52. The van der Waals surface area contributed by atoms with Crippen molar-refractivity contribution in [3.05, 3.63) is 104 Å². The maximum Gasteiger partial charge on any atom is 0.305 e. The monoisotopic (exact) mass is 575 g/mol. The number of imide groups is 1. The summed E-state index contributed by atoms with van der Waals surface area (Å²) in [6.07, 6.45) is 0. The SMILES string of the molecule is Cc1ccc(NC(=O)COc2cccc([C@@H]3c4sc(=O)[nH]c4S[C@H]4C(=O)N(c5ccc(F)cc5)C(=O)[C@@H]34)c2)cc1. The molecule has 4 aromatic rings. The molecule has 2 aliphatic heterocycles. The summed E-state index contributed by atoms with van der Waals surface area (Å²) in [5.74, 6) is -2.64. The molecule has 8 nitrogen and oxygen atoms in total. The van der Waals surface area contributed by atoms with E-state index in [4.69, 9.17) is 4.74 Å². The predicted octanol–water partition coefficient (Wildman–Crippen LogP) is 4.70. The lowest BCUT2D eigenvalue weighted by atomic mass is 9.83. The number of aromatic nitrogens is 1. The van der Waals surface area contributed by atoms with Crippen LogP contribution in [0.5, 0.6) is 5.75 Å². The Morgan fingerprint density at radius 3 is 2.52 bits per heavy atom. The summed E-state index contributed by atoms with van der Waals surface area (Å²) >= 11 is 2.17. The van der Waals surface area contributed by atoms with Crippen molar-refractivity contribution >= 4 is 52.2 Å². The number of anilines is 2. The third kappa shape index (κ3) is 4.82. The summed E-state index contributed by atoms with van der Waals surface area (Å²) in [4.78, 5) is 56.3. The van der Waals surface area contributed by atoms with Gasteiger partial charge >= 0.3 is 4.87 Å². The molecule has 40 heavy (non-hydrogen) atoms. The molecule has 1 saturated heterocycles. The number of nitrogens with zero attached hydrogens (tertiary/aromatic N) is 1. The van der Waals surface area contributed by atoms with Gasteiger partial charge in [0.05, 0.1) is 16.6 Å². The minimum Gasteiger partial charge on any atom is -0.484 e. The highest BCUT2D eigenvalue weighted by molar-refractivity contribution is 8.00. The third-order valence-electron chi connectivity index (χ3n) is 6.83. The summed E-state index contributed by atoms with van der Waals surface area (Å²) in [5, 5.41) is 2.56. The van der Waals surface area contributed by atoms with Gasteiger partial charge in [0.2, 0.25) is 11.8 Å². The number of aromatic amines is 1. The largest absolute Gasteiger partial charge is 0.484 e. The molecule has 0 radical (unpaired) electrons. The number of carbonyl (C=O) groups is 3. The fraction of sp³-hybridized carbons (Fsp3) is 0.172. The van der Waals surface area contributed by atoms with E-state index in [2.05, 4.69) is 10.3 Å². The minimum atomic E-state index is -0.790. The van der Waals surface area contributed by atoms with Gasteiger partial charge in [-0.2, -0.15) is 0 Å². The van der Waals surface area contributed by atoms with Crippen molar-refractivity contribution < 1.29 is 23.5 Å². The molecule has 2 aliphatic rings. The second-order valence-corrected chi connectivity index (χ2v) is 11.7. The average Bonchev–Trinajstić information content (AvgIpc) is 3.43. The lowest BCUT2D eigenvalue weighted by molar-refractivity contribution is -0.122. The highest BCUT2D eigenvalue weighted by Gasteiger charge is 2.56. The van der Waals surface area contributed by atoms with Crippen LogP contribution in [0.25, 0.3) is 0 Å². The van der Waals surface area contributed by atoms with E-state index < -0.39 is 34.7 Å². The van der Waals surface area contributed by atoms with Crippen molar-refractivity contribution in [1.82, 2.24) is 4.98 Å². The Morgan fingerprint density at radius 1 is 1.02 bits per heavy atom. The van der Waals surface area contributed by atoms with Crippen LogP contribution >= 0.6 is 23.1 Å². The van der Waals surface area contributed by atoms with Crippen molar-refractivity contribution in [2.24, 2.45) is 5.92 Å². The number of thiazole rings is 1. The number of nitrogens with one attached hydrogen (secondary N) is 2. The lowest BCUT2D eigenvalue weighted by Crippen LogP contribution is -2.32. The Balaban J connectivity index is 1.28. The van der Waals surface area contributed by atoms with Gasteiger partial charge in [-0.05, 0) is 61.0 Å². The maximum absolute atomic E-state index is 13.8. The zero-order chi connectivity index (χ0) is 28.0. The molecule has 11 heteroatoms. The molecule has 1 aromatic heterocycles. The van der Waals surface area contributed by atoms with E-state index >= 15 is 0 Å². The number of amides is 3. The van der Waals surface area contributed by atoms with E-state index in [9.17, 15) is 23.6 Å². The van der Waals surface area contributed by atoms with Crippen molar-refractivity contribution in [1.29, 1.82) is 0 Å². The molecular weight excluding hydrogens is 553 g/mol. The average molecular weight is 576 g/mol. The molecule has 3 atom stereocenters. The smallest absolute Gasteiger partial charge is 0.305 e. The molecule has 3 aromatic carbocycles. The van der Waals surface area contributed by atoms with Crippen LogP contribution in [-0.2, 0) is 14.4 Å². The van der Waals surface area contributed by atoms with E-state index in [1.807, 2.05) is 25.1 Å². The van der Waals surface area contributed by atoms with Gasteiger partial charge in [-0.15, -0.1) is 0 Å². The molecule has 0 spiro atoms. The van der Waals surface area contributed by atoms with E-state index in [1.54, 1.807) is 30.3 Å². The molecule has 3 amide bonds. The van der Waals surface area contributed by atoms with Crippen molar-refractivity contribution in [2.75, 3.05) is 16.8 Å². The van der Waals surface area contributed by atoms with Crippen LogP contribution in [0.1, 0.15) is 21.9 Å². The minimum absolute atomic E-state index is 0.234. The molecule has 0 bridgehead atoms. The molecule has 0 unspecified atom stereocenters. The van der Waals surface area contributed by atoms with E-state index in [0.717, 1.165) is 33.6 Å². The maximum atomic E-state index is 13.8. The second kappa shape index (κ2) is 10.4. The van der Waals surface area contributed by atoms with Gasteiger partial charge in [0.15, 0.2) is 6.61 Å². The predicted molar refractivity (Wildman–Crippen MR) is 151 cm³/mol. The zero-order valence-electron chi connectivity index (χ0n) is 21.1. The topological polar surface area (TPSA) is 109 Å². The van der Waals surface area contributed by atoms with Gasteiger partial charge < -0.3 is 15.0 Å². The Kier molecular flexibility index (Phi) is 6.77. The molecule has 202 valence electrons. The summed E-state index contributed by atoms with van der Waals surface area (Å²) in [6.45, 7) is 1.72. The van der Waals surface area contributed by atoms with Gasteiger partial charge in [0, 0.05) is 16.5 Å². The number of hydrogen-bond donors (Lipinski definition) is 2. The summed E-state index contributed by atoms with van der Waals surface area (Å²) < 4.78 is 19.3. The van der Waals surface area contributed by atoms with Crippen molar-refractivity contribution in [2.45, 2.75) is 23.1 Å². The van der Waals surface area contributed by atoms with Crippen LogP contribution in [-0.4, -0.2) is 34.6 Å². The van der Waals surface area contributed by atoms with Crippen LogP contribution in [0.3, 0.4) is 0 Å². The number of halogens is 1. The van der Waals surface area contributed by atoms with E-state index in [1.165, 1.54) is 24.3 Å². The quantitative estimate of drug-likeness (QED) is 0.323. The number of aryl methyl sites for hydroxylation is 1. The third-order valence-corrected chi connectivity index (χ3v) is 9.23. The standard InChI is InChI=1S/C29H22FN3O5S2/c1-15-5-9-18(10-6-15)31-21(34)14-38-20-4-2-3-16(13-20)22-23-25(39-26-24(22)40-29(37)32-26)28(36)33(27(23)35)19-11-7-17(30)8-12-19/h2-13,22-23,25H,14H2,1H3,(H,31,34)(H,32,37)/t22-,23-,25+/m0/s1. The molecular formula is C29H22FN3O5S2. The van der Waals surface area contributed by atoms with Gasteiger partial charge in [-0.3, -0.25) is 19.2 Å². The molecule has 0 saturated carbocycles. The summed E-state index contributed by atoms with van der Waals surface area (Å²) in [7, 11) is 0. The molecule has 2 N–H and O–H groups in total. The zero-order valence-corrected chi connectivity index (χ0v) is 22.7. The molecule has 1 fully saturated rings. The molecule has 0 aliphatic carbocycles. The first-order valence-corrected chi connectivity index (χ1v) is 14.1. The fourth-order valence-electron chi connectivity index (χ4n) is 5.00. The molecule has 3 heterocycles. The number of thioether (sulfide) groups is 1. The Labute approximate surface area is 236 Å². The van der Waals surface area contributed by atoms with Gasteiger partial charge in [0.25, 0.3) is 5.91 Å². The van der Waals surface area contributed by atoms with Crippen LogP contribution in [0.4, 0.5) is 15.8 Å². The van der Waals surface area contributed by atoms with Gasteiger partial charge in [0.1, 0.15) is 16.8 Å². The van der Waals surface area contributed by atoms with Crippen LogP contribution < -0.4 is 19.8 Å². The number of ether oxygens (including phenoxy) is 1. The number of H-pyrrole nitrogens is 1. The van der Waals surface area contributed by atoms with E-state index in [0.29, 0.717) is 32.6 Å². The highest BCUT2D eigenvalue weighted by atomic mass is 32.2. The Morgan fingerprint density at radius 2 is 1.77 bits per heavy atom. The van der Waals surface area contributed by atoms with Gasteiger partial charge in [-0.25, -0.2) is 9.29 Å². The van der Waals surface area contributed by atoms with Crippen molar-refractivity contribution in [3.8, 4) is 5.75 Å². The Bertz CT molecular complexity index is 1680. The number of fused-ring (bicyclic) bond motifs is 2.